The van der Waals surface area contributed by atoms with Crippen LogP contribution >= 0.6 is 32.9 Å². The zero-order valence-corrected chi connectivity index (χ0v) is 14.2. The molecule has 0 bridgehead atoms. The molecule has 0 saturated heterocycles. The maximum atomic E-state index is 5.55. The van der Waals surface area contributed by atoms with E-state index < -0.39 is 0 Å². The lowest BCUT2D eigenvalue weighted by molar-refractivity contribution is 0.415. The fourth-order valence-corrected chi connectivity index (χ4v) is 5.10. The second-order valence-electron chi connectivity index (χ2n) is 4.76. The van der Waals surface area contributed by atoms with Crippen LogP contribution in [0, 0.1) is 10.7 Å². The van der Waals surface area contributed by atoms with Crippen LogP contribution in [0.25, 0.3) is 21.6 Å². The smallest absolute Gasteiger partial charge is 0.119 e. The Morgan fingerprint density at radius 1 is 0.952 bits per heavy atom. The Kier molecular flexibility index (Phi) is 4.19. The van der Waals surface area contributed by atoms with Crippen LogP contribution in [0.1, 0.15) is 5.56 Å². The van der Waals surface area contributed by atoms with Gasteiger partial charge in [-0.25, -0.2) is 0 Å². The Bertz CT molecular complexity index is 813. The van der Waals surface area contributed by atoms with E-state index in [4.69, 9.17) is 17.0 Å². The van der Waals surface area contributed by atoms with Gasteiger partial charge in [-0.15, -0.1) is 0 Å². The number of methoxy groups -OCH3 is 1. The second-order valence-corrected chi connectivity index (χ2v) is 7.57. The van der Waals surface area contributed by atoms with Gasteiger partial charge in [0, 0.05) is 5.56 Å². The minimum Gasteiger partial charge on any atom is -0.497 e. The Morgan fingerprint density at radius 2 is 1.71 bits per heavy atom. The molecule has 4 heteroatoms. The fraction of sp³-hybridized carbons (Fsp3) is 0.118. The molecule has 1 heterocycles. The highest BCUT2D eigenvalue weighted by Gasteiger charge is 2.13. The predicted molar refractivity (Wildman–Crippen MR) is 95.2 cm³/mol. The van der Waals surface area contributed by atoms with Crippen LogP contribution in [0.5, 0.6) is 5.75 Å². The number of aryl methyl sites for hydroxylation is 1. The van der Waals surface area contributed by atoms with Crippen molar-refractivity contribution >= 4 is 32.9 Å². The molecule has 0 unspecified atom stereocenters. The number of hydrogen-bond donors (Lipinski definition) is 0. The molecule has 1 nitrogen and oxygen atoms in total. The Labute approximate surface area is 136 Å². The lowest BCUT2D eigenvalue weighted by Gasteiger charge is -2.06. The molecule has 0 radical (unpaired) electrons. The standard InChI is InChI=1S/C17H14OS3/c1-11-6-8-12(9-7-11)16-15(17(19)21-20-16)13-4-3-5-14(10-13)18-2/h3-10H,1-2H3. The highest BCUT2D eigenvalue weighted by atomic mass is 32.9. The summed E-state index contributed by atoms with van der Waals surface area (Å²) in [6.07, 6.45) is 0. The molecule has 0 atom stereocenters. The summed E-state index contributed by atoms with van der Waals surface area (Å²) in [5.41, 5.74) is 4.74. The molecule has 106 valence electrons. The van der Waals surface area contributed by atoms with Crippen LogP contribution in [-0.2, 0) is 0 Å². The van der Waals surface area contributed by atoms with Gasteiger partial charge in [-0.3, -0.25) is 0 Å². The monoisotopic (exact) mass is 330 g/mol. The number of ether oxygens (including phenoxy) is 1. The fourth-order valence-electron chi connectivity index (χ4n) is 2.18. The maximum Gasteiger partial charge on any atom is 0.119 e. The lowest BCUT2D eigenvalue weighted by atomic mass is 10.0. The molecule has 0 saturated carbocycles. The Hall–Kier alpha value is -1.49. The van der Waals surface area contributed by atoms with Crippen LogP contribution < -0.4 is 4.74 Å². The maximum absolute atomic E-state index is 5.55. The highest BCUT2D eigenvalue weighted by Crippen LogP contribution is 2.41. The molecule has 1 aromatic heterocycles. The van der Waals surface area contributed by atoms with E-state index >= 15 is 0 Å². The molecule has 0 aliphatic rings. The Morgan fingerprint density at radius 3 is 2.43 bits per heavy atom. The minimum atomic E-state index is 0.855. The van der Waals surface area contributed by atoms with Crippen LogP contribution in [0.2, 0.25) is 0 Å². The largest absolute Gasteiger partial charge is 0.497 e. The third-order valence-corrected chi connectivity index (χ3v) is 6.37. The van der Waals surface area contributed by atoms with Gasteiger partial charge in [0.15, 0.2) is 0 Å². The summed E-state index contributed by atoms with van der Waals surface area (Å²) in [5, 5.41) is 0. The first-order valence-corrected chi connectivity index (χ1v) is 9.09. The molecule has 0 amide bonds. The molecule has 0 fully saturated rings. The topological polar surface area (TPSA) is 9.23 Å². The van der Waals surface area contributed by atoms with E-state index in [0.717, 1.165) is 20.7 Å². The average Bonchev–Trinajstić information content (AvgIpc) is 2.90. The zero-order valence-electron chi connectivity index (χ0n) is 11.8. The Balaban J connectivity index is 2.17. The first-order valence-electron chi connectivity index (χ1n) is 6.53. The van der Waals surface area contributed by atoms with Gasteiger partial charge in [0.2, 0.25) is 0 Å². The van der Waals surface area contributed by atoms with E-state index in [1.54, 1.807) is 27.8 Å². The van der Waals surface area contributed by atoms with Crippen LogP contribution in [0.4, 0.5) is 0 Å². The van der Waals surface area contributed by atoms with Gasteiger partial charge in [0.25, 0.3) is 0 Å². The molecular weight excluding hydrogens is 316 g/mol. The molecule has 2 aromatic carbocycles. The van der Waals surface area contributed by atoms with E-state index in [1.807, 2.05) is 18.2 Å². The van der Waals surface area contributed by atoms with E-state index in [-0.39, 0.29) is 0 Å². The summed E-state index contributed by atoms with van der Waals surface area (Å²) in [6.45, 7) is 2.10. The van der Waals surface area contributed by atoms with Crippen LogP contribution in [-0.4, -0.2) is 7.11 Å². The first-order chi connectivity index (χ1) is 10.2. The van der Waals surface area contributed by atoms with Crippen molar-refractivity contribution in [3.05, 3.63) is 57.9 Å². The van der Waals surface area contributed by atoms with Crippen molar-refractivity contribution < 1.29 is 4.74 Å². The van der Waals surface area contributed by atoms with Crippen molar-refractivity contribution in [3.63, 3.8) is 0 Å². The third-order valence-electron chi connectivity index (χ3n) is 3.30. The molecule has 21 heavy (non-hydrogen) atoms. The lowest BCUT2D eigenvalue weighted by Crippen LogP contribution is -1.85. The number of hydrogen-bond acceptors (Lipinski definition) is 4. The van der Waals surface area contributed by atoms with Gasteiger partial charge in [-0.1, -0.05) is 74.9 Å². The van der Waals surface area contributed by atoms with Gasteiger partial charge >= 0.3 is 0 Å². The van der Waals surface area contributed by atoms with Gasteiger partial charge in [0.1, 0.15) is 9.57 Å². The van der Waals surface area contributed by atoms with Crippen molar-refractivity contribution in [2.45, 2.75) is 6.92 Å². The molecular formula is C17H14OS3. The molecule has 0 aliphatic carbocycles. The highest BCUT2D eigenvalue weighted by molar-refractivity contribution is 7.80. The van der Waals surface area contributed by atoms with Crippen LogP contribution in [0.3, 0.4) is 0 Å². The van der Waals surface area contributed by atoms with Crippen molar-refractivity contribution in [2.75, 3.05) is 7.11 Å². The normalized spacial score (nSPS) is 10.6. The molecule has 3 aromatic rings. The van der Waals surface area contributed by atoms with E-state index in [2.05, 4.69) is 37.3 Å². The summed E-state index contributed by atoms with van der Waals surface area (Å²) < 4.78 is 6.26. The van der Waals surface area contributed by atoms with Gasteiger partial charge in [0.05, 0.1) is 12.0 Å². The van der Waals surface area contributed by atoms with Crippen LogP contribution in [0.15, 0.2) is 48.5 Å². The van der Waals surface area contributed by atoms with Gasteiger partial charge < -0.3 is 4.74 Å². The van der Waals surface area contributed by atoms with Crippen molar-refractivity contribution in [1.29, 1.82) is 0 Å². The first kappa shape index (κ1) is 14.4. The molecule has 3 rings (SSSR count). The van der Waals surface area contributed by atoms with E-state index in [0.29, 0.717) is 0 Å². The minimum absolute atomic E-state index is 0.855. The SMILES string of the molecule is COc1cccc(-c2c(-c3ccc(C)cc3)ssc2=S)c1. The molecule has 0 aliphatic heterocycles. The predicted octanol–water partition coefficient (Wildman–Crippen LogP) is 6.19. The number of benzene rings is 2. The van der Waals surface area contributed by atoms with Crippen molar-refractivity contribution in [3.8, 4) is 27.3 Å². The van der Waals surface area contributed by atoms with E-state index in [1.165, 1.54) is 16.0 Å². The van der Waals surface area contributed by atoms with Crippen molar-refractivity contribution in [2.24, 2.45) is 0 Å². The molecule has 0 N–H and O–H groups in total. The molecule has 0 spiro atoms. The second kappa shape index (κ2) is 6.10. The quantitative estimate of drug-likeness (QED) is 0.418. The van der Waals surface area contributed by atoms with Crippen molar-refractivity contribution in [1.82, 2.24) is 0 Å². The van der Waals surface area contributed by atoms with E-state index in [9.17, 15) is 0 Å². The third kappa shape index (κ3) is 2.93. The summed E-state index contributed by atoms with van der Waals surface area (Å²) in [7, 11) is 5.08. The summed E-state index contributed by atoms with van der Waals surface area (Å²) in [4.78, 5) is 1.23. The average molecular weight is 330 g/mol. The summed E-state index contributed by atoms with van der Waals surface area (Å²) in [6, 6.07) is 16.7. The summed E-state index contributed by atoms with van der Waals surface area (Å²) in [5.74, 6) is 0.855. The van der Waals surface area contributed by atoms with Gasteiger partial charge in [-0.05, 0) is 30.2 Å². The summed E-state index contributed by atoms with van der Waals surface area (Å²) >= 11 is 5.55. The number of rotatable bonds is 3. The van der Waals surface area contributed by atoms with Gasteiger partial charge in [-0.2, -0.15) is 0 Å². The zero-order chi connectivity index (χ0) is 14.8.